The van der Waals surface area contributed by atoms with Gasteiger partial charge in [-0.2, -0.15) is 0 Å². The zero-order chi connectivity index (χ0) is 12.1. The Morgan fingerprint density at radius 3 is 2.94 bits per heavy atom. The van der Waals surface area contributed by atoms with E-state index in [-0.39, 0.29) is 11.9 Å². The summed E-state index contributed by atoms with van der Waals surface area (Å²) in [5.74, 6) is 0.0469. The Labute approximate surface area is 102 Å². The fourth-order valence-corrected chi connectivity index (χ4v) is 2.12. The highest BCUT2D eigenvalue weighted by Crippen LogP contribution is 2.16. The quantitative estimate of drug-likeness (QED) is 0.735. The van der Waals surface area contributed by atoms with Crippen LogP contribution in [0.2, 0.25) is 0 Å². The lowest BCUT2D eigenvalue weighted by molar-refractivity contribution is -0.118. The molecule has 4 heteroatoms. The molecule has 1 aliphatic heterocycles. The van der Waals surface area contributed by atoms with E-state index in [4.69, 9.17) is 5.73 Å². The van der Waals surface area contributed by atoms with Gasteiger partial charge in [0, 0.05) is 12.2 Å². The number of nitrogens with two attached hydrogens (primary N) is 1. The Bertz CT molecular complexity index is 386. The summed E-state index contributed by atoms with van der Waals surface area (Å²) in [4.78, 5) is 12.0. The van der Waals surface area contributed by atoms with Crippen molar-refractivity contribution in [1.82, 2.24) is 5.32 Å². The topological polar surface area (TPSA) is 67.1 Å². The van der Waals surface area contributed by atoms with E-state index in [1.165, 1.54) is 0 Å². The number of carbonyl (C=O) groups is 1. The molecule has 0 bridgehead atoms. The first-order valence-corrected chi connectivity index (χ1v) is 6.13. The molecule has 1 aliphatic rings. The molecule has 2 rings (SSSR count). The number of hydrogen-bond acceptors (Lipinski definition) is 3. The number of para-hydroxylation sites is 1. The van der Waals surface area contributed by atoms with E-state index in [9.17, 15) is 4.79 Å². The molecule has 1 atom stereocenters. The molecule has 4 N–H and O–H groups in total. The molecule has 1 aromatic carbocycles. The maximum absolute atomic E-state index is 12.0. The van der Waals surface area contributed by atoms with Crippen LogP contribution in [0.15, 0.2) is 24.3 Å². The number of nitrogens with one attached hydrogen (secondary N) is 2. The van der Waals surface area contributed by atoms with Crippen LogP contribution in [0, 0.1) is 0 Å². The molecule has 1 fully saturated rings. The summed E-state index contributed by atoms with van der Waals surface area (Å²) in [5.41, 5.74) is 7.43. The molecule has 1 amide bonds. The summed E-state index contributed by atoms with van der Waals surface area (Å²) in [6.45, 7) is 1.37. The zero-order valence-corrected chi connectivity index (χ0v) is 9.91. The molecule has 0 aliphatic carbocycles. The minimum Gasteiger partial charge on any atom is -0.326 e. The molecule has 17 heavy (non-hydrogen) atoms. The van der Waals surface area contributed by atoms with E-state index in [0.29, 0.717) is 6.54 Å². The molecule has 0 saturated carbocycles. The smallest absolute Gasteiger partial charge is 0.241 e. The van der Waals surface area contributed by atoms with Crippen molar-refractivity contribution in [2.24, 2.45) is 5.73 Å². The highest BCUT2D eigenvalue weighted by molar-refractivity contribution is 5.95. The molecule has 0 radical (unpaired) electrons. The Balaban J connectivity index is 2.01. The van der Waals surface area contributed by atoms with Gasteiger partial charge in [-0.25, -0.2) is 0 Å². The van der Waals surface area contributed by atoms with Gasteiger partial charge in [0.25, 0.3) is 0 Å². The third-order valence-corrected chi connectivity index (χ3v) is 3.12. The third kappa shape index (κ3) is 3.05. The minimum absolute atomic E-state index is 0.0469. The van der Waals surface area contributed by atoms with Crippen molar-refractivity contribution in [3.05, 3.63) is 29.8 Å². The number of benzene rings is 1. The van der Waals surface area contributed by atoms with Crippen molar-refractivity contribution >= 4 is 11.6 Å². The van der Waals surface area contributed by atoms with Crippen molar-refractivity contribution in [1.29, 1.82) is 0 Å². The summed E-state index contributed by atoms with van der Waals surface area (Å²) in [6.07, 6.45) is 3.18. The summed E-state index contributed by atoms with van der Waals surface area (Å²) in [7, 11) is 0. The molecule has 1 aromatic rings. The number of hydrogen-bond donors (Lipinski definition) is 3. The average molecular weight is 233 g/mol. The maximum Gasteiger partial charge on any atom is 0.241 e. The standard InChI is InChI=1S/C13H19N3O/c14-9-10-5-1-2-6-11(10)16-13(17)12-7-3-4-8-15-12/h1-2,5-6,12,15H,3-4,7-9,14H2,(H,16,17). The summed E-state index contributed by atoms with van der Waals surface area (Å²) in [5, 5.41) is 6.18. The highest BCUT2D eigenvalue weighted by atomic mass is 16.2. The Hall–Kier alpha value is -1.39. The van der Waals surface area contributed by atoms with Gasteiger partial charge < -0.3 is 16.4 Å². The first kappa shape index (κ1) is 12.1. The second kappa shape index (κ2) is 5.80. The van der Waals surface area contributed by atoms with Crippen LogP contribution in [0.3, 0.4) is 0 Å². The van der Waals surface area contributed by atoms with Crippen LogP contribution in [0.5, 0.6) is 0 Å². The van der Waals surface area contributed by atoms with Gasteiger partial charge >= 0.3 is 0 Å². The first-order valence-electron chi connectivity index (χ1n) is 6.13. The van der Waals surface area contributed by atoms with Gasteiger partial charge in [-0.1, -0.05) is 24.6 Å². The molecule has 0 spiro atoms. The van der Waals surface area contributed by atoms with Gasteiger partial charge in [-0.3, -0.25) is 4.79 Å². The number of carbonyl (C=O) groups excluding carboxylic acids is 1. The second-order valence-electron chi connectivity index (χ2n) is 4.35. The molecular formula is C13H19N3O. The van der Waals surface area contributed by atoms with E-state index in [1.807, 2.05) is 24.3 Å². The fourth-order valence-electron chi connectivity index (χ4n) is 2.12. The van der Waals surface area contributed by atoms with E-state index in [2.05, 4.69) is 10.6 Å². The molecule has 0 aromatic heterocycles. The largest absolute Gasteiger partial charge is 0.326 e. The molecular weight excluding hydrogens is 214 g/mol. The van der Waals surface area contributed by atoms with Crippen LogP contribution in [-0.2, 0) is 11.3 Å². The number of amides is 1. The van der Waals surface area contributed by atoms with Crippen LogP contribution in [0.25, 0.3) is 0 Å². The van der Waals surface area contributed by atoms with E-state index >= 15 is 0 Å². The van der Waals surface area contributed by atoms with Crippen molar-refractivity contribution in [2.45, 2.75) is 31.8 Å². The van der Waals surface area contributed by atoms with Gasteiger partial charge in [0.2, 0.25) is 5.91 Å². The normalized spacial score (nSPS) is 19.9. The lowest BCUT2D eigenvalue weighted by atomic mass is 10.0. The van der Waals surface area contributed by atoms with Gasteiger partial charge in [0.1, 0.15) is 0 Å². The monoisotopic (exact) mass is 233 g/mol. The van der Waals surface area contributed by atoms with E-state index in [1.54, 1.807) is 0 Å². The van der Waals surface area contributed by atoms with Gasteiger partial charge in [0.05, 0.1) is 6.04 Å². The Morgan fingerprint density at radius 2 is 2.24 bits per heavy atom. The molecule has 1 saturated heterocycles. The van der Waals surface area contributed by atoms with Crippen LogP contribution < -0.4 is 16.4 Å². The van der Waals surface area contributed by atoms with Crippen LogP contribution in [0.1, 0.15) is 24.8 Å². The summed E-state index contributed by atoms with van der Waals surface area (Å²) >= 11 is 0. The van der Waals surface area contributed by atoms with Crippen molar-refractivity contribution in [2.75, 3.05) is 11.9 Å². The molecule has 4 nitrogen and oxygen atoms in total. The third-order valence-electron chi connectivity index (χ3n) is 3.12. The minimum atomic E-state index is -0.0606. The number of anilines is 1. The van der Waals surface area contributed by atoms with Crippen molar-refractivity contribution in [3.63, 3.8) is 0 Å². The van der Waals surface area contributed by atoms with Gasteiger partial charge in [-0.05, 0) is 31.0 Å². The van der Waals surface area contributed by atoms with Gasteiger partial charge in [0.15, 0.2) is 0 Å². The summed E-state index contributed by atoms with van der Waals surface area (Å²) in [6, 6.07) is 7.60. The molecule has 92 valence electrons. The number of rotatable bonds is 3. The molecule has 1 heterocycles. The average Bonchev–Trinajstić information content (AvgIpc) is 2.40. The SMILES string of the molecule is NCc1ccccc1NC(=O)C1CCCCN1. The second-order valence-corrected chi connectivity index (χ2v) is 4.35. The number of piperidine rings is 1. The van der Waals surface area contributed by atoms with Crippen molar-refractivity contribution < 1.29 is 4.79 Å². The lowest BCUT2D eigenvalue weighted by Gasteiger charge is -2.23. The van der Waals surface area contributed by atoms with Crippen LogP contribution >= 0.6 is 0 Å². The first-order chi connectivity index (χ1) is 8.31. The van der Waals surface area contributed by atoms with Crippen molar-refractivity contribution in [3.8, 4) is 0 Å². The Morgan fingerprint density at radius 1 is 1.41 bits per heavy atom. The van der Waals surface area contributed by atoms with Crippen LogP contribution in [-0.4, -0.2) is 18.5 Å². The molecule has 1 unspecified atom stereocenters. The maximum atomic E-state index is 12.0. The van der Waals surface area contributed by atoms with E-state index in [0.717, 1.165) is 37.1 Å². The lowest BCUT2D eigenvalue weighted by Crippen LogP contribution is -2.43. The Kier molecular flexibility index (Phi) is 4.12. The zero-order valence-electron chi connectivity index (χ0n) is 9.91. The predicted octanol–water partition coefficient (Wildman–Crippen LogP) is 1.23. The fraction of sp³-hybridized carbons (Fsp3) is 0.462. The summed E-state index contributed by atoms with van der Waals surface area (Å²) < 4.78 is 0. The van der Waals surface area contributed by atoms with E-state index < -0.39 is 0 Å². The van der Waals surface area contributed by atoms with Gasteiger partial charge in [-0.15, -0.1) is 0 Å². The van der Waals surface area contributed by atoms with Crippen LogP contribution in [0.4, 0.5) is 5.69 Å². The predicted molar refractivity (Wildman–Crippen MR) is 68.6 cm³/mol. The highest BCUT2D eigenvalue weighted by Gasteiger charge is 2.20.